The van der Waals surface area contributed by atoms with Crippen LogP contribution in [0.5, 0.6) is 5.75 Å². The molecule has 1 N–H and O–H groups in total. The van der Waals surface area contributed by atoms with Gasteiger partial charge in [0.25, 0.3) is 5.91 Å². The zero-order chi connectivity index (χ0) is 28.8. The summed E-state index contributed by atoms with van der Waals surface area (Å²) in [6.07, 6.45) is 9.36. The van der Waals surface area contributed by atoms with Crippen molar-refractivity contribution in [1.29, 1.82) is 0 Å². The first-order valence-electron chi connectivity index (χ1n) is 14.8. The van der Waals surface area contributed by atoms with Crippen molar-refractivity contribution in [1.82, 2.24) is 4.72 Å². The Labute approximate surface area is 247 Å². The molecule has 4 atom stereocenters. The Morgan fingerprint density at radius 2 is 1.98 bits per heavy atom. The van der Waals surface area contributed by atoms with E-state index in [4.69, 9.17) is 16.3 Å². The lowest BCUT2D eigenvalue weighted by molar-refractivity contribution is -0.122. The van der Waals surface area contributed by atoms with Gasteiger partial charge in [0.2, 0.25) is 10.0 Å². The Balaban J connectivity index is 1.42. The van der Waals surface area contributed by atoms with Crippen LogP contribution < -0.4 is 14.4 Å². The number of carbonyl (C=O) groups excluding carboxylic acids is 2. The van der Waals surface area contributed by atoms with Crippen molar-refractivity contribution in [2.75, 3.05) is 24.6 Å². The van der Waals surface area contributed by atoms with Gasteiger partial charge in [-0.2, -0.15) is 0 Å². The summed E-state index contributed by atoms with van der Waals surface area (Å²) in [5, 5.41) is -0.000568. The third-order valence-corrected chi connectivity index (χ3v) is 11.8. The van der Waals surface area contributed by atoms with Crippen molar-refractivity contribution in [3.63, 3.8) is 0 Å². The van der Waals surface area contributed by atoms with E-state index in [0.717, 1.165) is 42.8 Å². The summed E-state index contributed by atoms with van der Waals surface area (Å²) in [5.41, 5.74) is 3.25. The molecule has 2 aromatic rings. The summed E-state index contributed by atoms with van der Waals surface area (Å²) in [5.74, 6) is 0.277. The SMILES string of the molecule is CC[C@@H]1CC/C=C\C(=O)[C@@H]2CC[C@H]2CN2C[C@@]3(CCCc4cc(Cl)ccc43)COc3ccc(cc32)C(=O)NS1(=O)=O. The zero-order valence-electron chi connectivity index (χ0n) is 23.4. The molecule has 0 radical (unpaired) electrons. The first kappa shape index (κ1) is 28.3. The second-order valence-electron chi connectivity index (χ2n) is 12.1. The van der Waals surface area contributed by atoms with Gasteiger partial charge in [-0.25, -0.2) is 13.1 Å². The highest BCUT2D eigenvalue weighted by molar-refractivity contribution is 7.90. The summed E-state index contributed by atoms with van der Waals surface area (Å²) < 4.78 is 35.1. The van der Waals surface area contributed by atoms with E-state index < -0.39 is 21.2 Å². The summed E-state index contributed by atoms with van der Waals surface area (Å²) in [4.78, 5) is 28.8. The second kappa shape index (κ2) is 11.1. The Morgan fingerprint density at radius 1 is 1.12 bits per heavy atom. The maximum absolute atomic E-state index is 13.3. The molecule has 7 nitrogen and oxygen atoms in total. The van der Waals surface area contributed by atoms with Crippen molar-refractivity contribution < 1.29 is 22.7 Å². The van der Waals surface area contributed by atoms with Crippen LogP contribution in [0.3, 0.4) is 0 Å². The van der Waals surface area contributed by atoms with E-state index in [9.17, 15) is 18.0 Å². The molecule has 0 saturated heterocycles. The average Bonchev–Trinajstić information content (AvgIpc) is 3.07. The van der Waals surface area contributed by atoms with Gasteiger partial charge >= 0.3 is 0 Å². The number of carbonyl (C=O) groups is 2. The smallest absolute Gasteiger partial charge is 0.264 e. The first-order chi connectivity index (χ1) is 19.7. The van der Waals surface area contributed by atoms with Crippen LogP contribution in [0.1, 0.15) is 73.4 Å². The van der Waals surface area contributed by atoms with Gasteiger partial charge in [0.15, 0.2) is 5.78 Å². The van der Waals surface area contributed by atoms with Gasteiger partial charge in [0.05, 0.1) is 17.5 Å². The summed E-state index contributed by atoms with van der Waals surface area (Å²) in [6.45, 7) is 3.61. The minimum atomic E-state index is -3.90. The molecule has 1 fully saturated rings. The fourth-order valence-electron chi connectivity index (χ4n) is 7.16. The fourth-order valence-corrected chi connectivity index (χ4v) is 8.78. The molecule has 1 amide bonds. The molecule has 41 heavy (non-hydrogen) atoms. The number of hydrogen-bond donors (Lipinski definition) is 1. The number of aryl methyl sites for hydroxylation is 1. The molecule has 0 unspecified atom stereocenters. The van der Waals surface area contributed by atoms with Crippen molar-refractivity contribution in [3.05, 3.63) is 70.3 Å². The van der Waals surface area contributed by atoms with E-state index in [1.54, 1.807) is 37.3 Å². The fraction of sp³-hybridized carbons (Fsp3) is 0.500. The number of halogens is 1. The predicted molar refractivity (Wildman–Crippen MR) is 160 cm³/mol. The van der Waals surface area contributed by atoms with Crippen LogP contribution in [0, 0.1) is 11.8 Å². The number of benzene rings is 2. The number of ketones is 1. The van der Waals surface area contributed by atoms with E-state index in [0.29, 0.717) is 44.7 Å². The molecule has 2 heterocycles. The molecule has 6 rings (SSSR count). The first-order valence-corrected chi connectivity index (χ1v) is 16.7. The van der Waals surface area contributed by atoms with Crippen LogP contribution in [-0.2, 0) is 26.7 Å². The van der Waals surface area contributed by atoms with E-state index in [2.05, 4.69) is 21.8 Å². The molecular formula is C32H37ClN2O5S. The number of fused-ring (bicyclic) bond motifs is 4. The van der Waals surface area contributed by atoms with Crippen molar-refractivity contribution in [2.24, 2.45) is 11.8 Å². The van der Waals surface area contributed by atoms with Gasteiger partial charge in [-0.15, -0.1) is 0 Å². The van der Waals surface area contributed by atoms with Crippen molar-refractivity contribution >= 4 is 39.0 Å². The normalized spacial score (nSPS) is 30.2. The lowest BCUT2D eigenvalue weighted by Gasteiger charge is -2.44. The van der Waals surface area contributed by atoms with E-state index >= 15 is 0 Å². The highest BCUT2D eigenvalue weighted by Crippen LogP contribution is 2.46. The molecule has 2 bridgehead atoms. The molecule has 2 aliphatic heterocycles. The van der Waals surface area contributed by atoms with E-state index in [1.165, 1.54) is 11.1 Å². The standard InChI is InChI=1S/C32H37ClN2O5S/c1-2-25-7-3-4-8-29(36)26-12-9-23(26)18-35-19-32(15-5-6-21-16-24(33)11-13-27(21)32)20-40-30-14-10-22(17-28(30)35)31(37)34-41(25,38)39/h4,8,10-11,13-14,16-17,23,25-26H,2-3,5-7,9,12,15,18-20H2,1H3,(H,34,37)/b8-4-/t23-,25+,26+,32-/m0/s1. The number of nitrogens with one attached hydrogen (secondary N) is 1. The van der Waals surface area contributed by atoms with Gasteiger partial charge in [-0.05, 0) is 105 Å². The number of rotatable bonds is 1. The lowest BCUT2D eigenvalue weighted by atomic mass is 9.68. The summed E-state index contributed by atoms with van der Waals surface area (Å²) in [7, 11) is -3.90. The highest BCUT2D eigenvalue weighted by atomic mass is 35.5. The number of ether oxygens (including phenoxy) is 1. The van der Waals surface area contributed by atoms with Crippen LogP contribution in [0.15, 0.2) is 48.6 Å². The number of allylic oxidation sites excluding steroid dienone is 2. The van der Waals surface area contributed by atoms with Gasteiger partial charge in [0, 0.05) is 35.0 Å². The lowest BCUT2D eigenvalue weighted by Crippen LogP contribution is -2.49. The van der Waals surface area contributed by atoms with Crippen LogP contribution in [0.25, 0.3) is 0 Å². The number of nitrogens with zero attached hydrogens (tertiary/aromatic N) is 1. The molecule has 1 saturated carbocycles. The minimum Gasteiger partial charge on any atom is -0.490 e. The minimum absolute atomic E-state index is 0.0580. The third kappa shape index (κ3) is 5.41. The van der Waals surface area contributed by atoms with Crippen LogP contribution >= 0.6 is 11.6 Å². The predicted octanol–water partition coefficient (Wildman–Crippen LogP) is 5.60. The van der Waals surface area contributed by atoms with Gasteiger partial charge in [-0.3, -0.25) is 9.59 Å². The van der Waals surface area contributed by atoms with E-state index in [1.807, 2.05) is 6.07 Å². The molecule has 0 aromatic heterocycles. The Kier molecular flexibility index (Phi) is 7.66. The third-order valence-electron chi connectivity index (χ3n) is 9.60. The molecule has 1 spiro atoms. The topological polar surface area (TPSA) is 92.8 Å². The van der Waals surface area contributed by atoms with Crippen molar-refractivity contribution in [2.45, 2.75) is 69.0 Å². The molecule has 4 aliphatic rings. The molecule has 9 heteroatoms. The Hall–Kier alpha value is -2.84. The number of amides is 1. The van der Waals surface area contributed by atoms with E-state index in [-0.39, 0.29) is 28.6 Å². The number of sulfonamides is 1. The maximum Gasteiger partial charge on any atom is 0.264 e. The quantitative estimate of drug-likeness (QED) is 0.461. The van der Waals surface area contributed by atoms with Crippen LogP contribution in [-0.4, -0.2) is 45.1 Å². The average molecular weight is 597 g/mol. The van der Waals surface area contributed by atoms with Crippen LogP contribution in [0.2, 0.25) is 5.02 Å². The molecule has 2 aromatic carbocycles. The monoisotopic (exact) mass is 596 g/mol. The molecular weight excluding hydrogens is 560 g/mol. The van der Waals surface area contributed by atoms with Gasteiger partial charge in [-0.1, -0.05) is 30.7 Å². The largest absolute Gasteiger partial charge is 0.490 e. The molecule has 2 aliphatic carbocycles. The summed E-state index contributed by atoms with van der Waals surface area (Å²) in [6, 6.07) is 11.3. The zero-order valence-corrected chi connectivity index (χ0v) is 25.0. The van der Waals surface area contributed by atoms with Gasteiger partial charge < -0.3 is 9.64 Å². The summed E-state index contributed by atoms with van der Waals surface area (Å²) >= 11 is 6.37. The molecule has 218 valence electrons. The number of anilines is 1. The second-order valence-corrected chi connectivity index (χ2v) is 14.5. The number of hydrogen-bond acceptors (Lipinski definition) is 6. The van der Waals surface area contributed by atoms with Gasteiger partial charge in [0.1, 0.15) is 5.75 Å². The highest BCUT2D eigenvalue weighted by Gasteiger charge is 2.44. The van der Waals surface area contributed by atoms with Crippen molar-refractivity contribution in [3.8, 4) is 5.75 Å². The Bertz CT molecular complexity index is 1510. The Morgan fingerprint density at radius 3 is 2.76 bits per heavy atom. The van der Waals surface area contributed by atoms with Crippen LogP contribution in [0.4, 0.5) is 5.69 Å². The maximum atomic E-state index is 13.3.